The molecule has 5 atom stereocenters. The fourth-order valence-electron chi connectivity index (χ4n) is 5.49. The summed E-state index contributed by atoms with van der Waals surface area (Å²) in [6.07, 6.45) is 24.6. The highest BCUT2D eigenvalue weighted by molar-refractivity contribution is 5.69. The first-order valence-corrected chi connectivity index (χ1v) is 15.5. The Morgan fingerprint density at radius 1 is 1.07 bits per heavy atom. The summed E-state index contributed by atoms with van der Waals surface area (Å²) in [5.74, 6) is 0.0211. The molecular weight excluding hydrogens is 504 g/mol. The van der Waals surface area contributed by atoms with Crippen molar-refractivity contribution in [2.75, 3.05) is 20.3 Å². The number of carbonyl (C=O) groups is 1. The maximum atomic E-state index is 11.4. The molecule has 0 radical (unpaired) electrons. The third kappa shape index (κ3) is 11.3. The van der Waals surface area contributed by atoms with Crippen LogP contribution in [0.3, 0.4) is 0 Å². The van der Waals surface area contributed by atoms with Crippen molar-refractivity contribution in [2.45, 2.75) is 130 Å². The number of hydrogen-bond donors (Lipinski definition) is 0. The van der Waals surface area contributed by atoms with Crippen LogP contribution in [0.1, 0.15) is 105 Å². The average Bonchev–Trinajstić information content (AvgIpc) is 3.33. The van der Waals surface area contributed by atoms with Crippen LogP contribution < -0.4 is 0 Å². The molecule has 226 valence electrons. The van der Waals surface area contributed by atoms with Gasteiger partial charge in [-0.05, 0) is 89.9 Å². The van der Waals surface area contributed by atoms with Crippen LogP contribution in [0.25, 0.3) is 0 Å². The lowest BCUT2D eigenvalue weighted by Gasteiger charge is -2.36. The van der Waals surface area contributed by atoms with Gasteiger partial charge in [0.05, 0.1) is 19.3 Å². The molecule has 2 fully saturated rings. The van der Waals surface area contributed by atoms with Gasteiger partial charge in [-0.25, -0.2) is 0 Å². The van der Waals surface area contributed by atoms with Gasteiger partial charge in [-0.3, -0.25) is 4.79 Å². The van der Waals surface area contributed by atoms with Gasteiger partial charge in [-0.1, -0.05) is 61.4 Å². The van der Waals surface area contributed by atoms with E-state index in [1.807, 2.05) is 0 Å². The Morgan fingerprint density at radius 2 is 1.80 bits per heavy atom. The van der Waals surface area contributed by atoms with E-state index in [9.17, 15) is 4.79 Å². The minimum atomic E-state index is -0.149. The van der Waals surface area contributed by atoms with Gasteiger partial charge >= 0.3 is 5.97 Å². The standard InChI is InChI=1S/C34H54O6/c1-26(2)22-23-34(3,4)30(40-33-17-11-13-25-38-33)21-19-28-27(14-8-6-7-9-15-31(35)36-5)18-20-29(28)39-32-16-10-12-24-37-32/h6,8,18-19,21-22,28-30,32-33H,7,9-17,20,23-25H2,1-5H3/t28-,29-,30-,32?,33?/m1/s1. The number of esters is 1. The van der Waals surface area contributed by atoms with Crippen LogP contribution in [0.4, 0.5) is 0 Å². The normalized spacial score (nSPS) is 26.7. The lowest BCUT2D eigenvalue weighted by atomic mass is 9.81. The molecule has 0 spiro atoms. The molecule has 6 heteroatoms. The van der Waals surface area contributed by atoms with E-state index in [1.165, 1.54) is 18.3 Å². The zero-order valence-electron chi connectivity index (χ0n) is 25.7. The third-order valence-corrected chi connectivity index (χ3v) is 8.14. The molecule has 40 heavy (non-hydrogen) atoms. The fraction of sp³-hybridized carbons (Fsp3) is 0.735. The zero-order valence-corrected chi connectivity index (χ0v) is 25.7. The van der Waals surface area contributed by atoms with Crippen molar-refractivity contribution in [3.63, 3.8) is 0 Å². The largest absolute Gasteiger partial charge is 0.469 e. The highest BCUT2D eigenvalue weighted by atomic mass is 16.7. The Bertz CT molecular complexity index is 869. The SMILES string of the molecule is COC(=O)CCCC=CCC1=CC[C@@H](OC2CCCCO2)[C@@H]1C=C[C@@H](OC1CCCCO1)C(C)(C)CC=C(C)C. The van der Waals surface area contributed by atoms with E-state index in [1.54, 1.807) is 0 Å². The van der Waals surface area contributed by atoms with Gasteiger partial charge in [0, 0.05) is 25.6 Å². The molecule has 2 heterocycles. The predicted octanol–water partition coefficient (Wildman–Crippen LogP) is 7.98. The van der Waals surface area contributed by atoms with Gasteiger partial charge in [0.15, 0.2) is 12.6 Å². The molecule has 3 rings (SSSR count). The second kappa shape index (κ2) is 17.3. The second-order valence-corrected chi connectivity index (χ2v) is 12.4. The van der Waals surface area contributed by atoms with E-state index in [0.717, 1.165) is 83.8 Å². The minimum Gasteiger partial charge on any atom is -0.469 e. The first kappa shape index (κ1) is 32.8. The van der Waals surface area contributed by atoms with Crippen LogP contribution in [0, 0.1) is 11.3 Å². The number of methoxy groups -OCH3 is 1. The van der Waals surface area contributed by atoms with Crippen molar-refractivity contribution in [2.24, 2.45) is 11.3 Å². The van der Waals surface area contributed by atoms with Crippen molar-refractivity contribution in [1.82, 2.24) is 0 Å². The molecule has 6 nitrogen and oxygen atoms in total. The molecule has 1 aliphatic carbocycles. The molecule has 0 aromatic rings. The maximum Gasteiger partial charge on any atom is 0.305 e. The molecule has 2 aliphatic heterocycles. The van der Waals surface area contributed by atoms with Crippen molar-refractivity contribution in [1.29, 1.82) is 0 Å². The lowest BCUT2D eigenvalue weighted by molar-refractivity contribution is -0.197. The van der Waals surface area contributed by atoms with Crippen molar-refractivity contribution >= 4 is 5.97 Å². The summed E-state index contributed by atoms with van der Waals surface area (Å²) >= 11 is 0. The Morgan fingerprint density at radius 3 is 2.45 bits per heavy atom. The highest BCUT2D eigenvalue weighted by Gasteiger charge is 2.34. The molecule has 0 amide bonds. The van der Waals surface area contributed by atoms with E-state index >= 15 is 0 Å². The summed E-state index contributed by atoms with van der Waals surface area (Å²) < 4.78 is 29.9. The molecular formula is C34H54O6. The second-order valence-electron chi connectivity index (χ2n) is 12.4. The number of unbranched alkanes of at least 4 members (excludes halogenated alkanes) is 1. The molecule has 0 aromatic carbocycles. The maximum absolute atomic E-state index is 11.4. The minimum absolute atomic E-state index is 0.0644. The van der Waals surface area contributed by atoms with Crippen molar-refractivity contribution < 1.29 is 28.5 Å². The number of carbonyl (C=O) groups excluding carboxylic acids is 1. The quantitative estimate of drug-likeness (QED) is 0.115. The van der Waals surface area contributed by atoms with Crippen LogP contribution in [-0.2, 0) is 28.5 Å². The Balaban J connectivity index is 1.73. The average molecular weight is 559 g/mol. The fourth-order valence-corrected chi connectivity index (χ4v) is 5.49. The van der Waals surface area contributed by atoms with E-state index in [4.69, 9.17) is 23.7 Å². The number of allylic oxidation sites excluding steroid dienone is 4. The molecule has 0 saturated carbocycles. The molecule has 0 aromatic heterocycles. The zero-order chi connectivity index (χ0) is 28.8. The smallest absolute Gasteiger partial charge is 0.305 e. The van der Waals surface area contributed by atoms with Crippen LogP contribution in [0.15, 0.2) is 47.6 Å². The van der Waals surface area contributed by atoms with Crippen LogP contribution in [0.2, 0.25) is 0 Å². The van der Waals surface area contributed by atoms with Gasteiger partial charge in [-0.15, -0.1) is 0 Å². The highest BCUT2D eigenvalue weighted by Crippen LogP contribution is 2.37. The van der Waals surface area contributed by atoms with Crippen molar-refractivity contribution in [3.8, 4) is 0 Å². The summed E-state index contributed by atoms with van der Waals surface area (Å²) in [6.45, 7) is 10.4. The van der Waals surface area contributed by atoms with E-state index in [2.05, 4.69) is 64.2 Å². The van der Waals surface area contributed by atoms with Gasteiger partial charge in [-0.2, -0.15) is 0 Å². The van der Waals surface area contributed by atoms with Crippen molar-refractivity contribution in [3.05, 3.63) is 47.6 Å². The van der Waals surface area contributed by atoms with Crippen LogP contribution in [-0.4, -0.2) is 51.1 Å². The Labute approximate surface area is 243 Å². The summed E-state index contributed by atoms with van der Waals surface area (Å²) in [7, 11) is 1.44. The predicted molar refractivity (Wildman–Crippen MR) is 160 cm³/mol. The summed E-state index contributed by atoms with van der Waals surface area (Å²) in [4.78, 5) is 11.4. The van der Waals surface area contributed by atoms with E-state index in [0.29, 0.717) is 6.42 Å². The Kier molecular flexibility index (Phi) is 14.2. The number of ether oxygens (including phenoxy) is 5. The molecule has 0 bridgehead atoms. The Hall–Kier alpha value is -1.73. The summed E-state index contributed by atoms with van der Waals surface area (Å²) in [5, 5.41) is 0. The number of hydrogen-bond acceptors (Lipinski definition) is 6. The lowest BCUT2D eigenvalue weighted by Crippen LogP contribution is -2.36. The van der Waals surface area contributed by atoms with E-state index in [-0.39, 0.29) is 42.1 Å². The summed E-state index contributed by atoms with van der Waals surface area (Å²) in [5.41, 5.74) is 2.61. The van der Waals surface area contributed by atoms with Gasteiger partial charge in [0.25, 0.3) is 0 Å². The third-order valence-electron chi connectivity index (χ3n) is 8.14. The summed E-state index contributed by atoms with van der Waals surface area (Å²) in [6, 6.07) is 0. The number of rotatable bonds is 15. The first-order chi connectivity index (χ1) is 19.3. The van der Waals surface area contributed by atoms with Gasteiger partial charge in [0.1, 0.15) is 0 Å². The monoisotopic (exact) mass is 558 g/mol. The molecule has 2 unspecified atom stereocenters. The topological polar surface area (TPSA) is 63.2 Å². The van der Waals surface area contributed by atoms with Crippen LogP contribution >= 0.6 is 0 Å². The molecule has 2 saturated heterocycles. The van der Waals surface area contributed by atoms with Crippen LogP contribution in [0.5, 0.6) is 0 Å². The van der Waals surface area contributed by atoms with E-state index < -0.39 is 0 Å². The van der Waals surface area contributed by atoms with Gasteiger partial charge < -0.3 is 23.7 Å². The molecule has 0 N–H and O–H groups in total. The molecule has 3 aliphatic rings. The van der Waals surface area contributed by atoms with Gasteiger partial charge in [0.2, 0.25) is 0 Å². The first-order valence-electron chi connectivity index (χ1n) is 15.5.